The van der Waals surface area contributed by atoms with E-state index < -0.39 is 5.60 Å². The lowest BCUT2D eigenvalue weighted by Crippen LogP contribution is -2.51. The van der Waals surface area contributed by atoms with Crippen LogP contribution in [-0.2, 0) is 19.9 Å². The first-order valence-electron chi connectivity index (χ1n) is 16.4. The highest BCUT2D eigenvalue weighted by molar-refractivity contribution is 5.91. The van der Waals surface area contributed by atoms with Crippen LogP contribution in [0.2, 0.25) is 0 Å². The molecule has 7 rings (SSSR count). The van der Waals surface area contributed by atoms with Crippen molar-refractivity contribution in [2.45, 2.75) is 70.8 Å². The summed E-state index contributed by atoms with van der Waals surface area (Å²) in [5, 5.41) is 0. The lowest BCUT2D eigenvalue weighted by Gasteiger charge is -2.58. The third kappa shape index (κ3) is 4.58. The first-order chi connectivity index (χ1) is 20.9. The Morgan fingerprint density at radius 3 is 1.91 bits per heavy atom. The number of Topliss-reactive ketones (excluding diaryl/α,β-unsaturated/α-hetero) is 1. The molecule has 3 nitrogen and oxygen atoms in total. The largest absolute Gasteiger partial charge is 0.353 e. The Morgan fingerprint density at radius 2 is 1.33 bits per heavy atom. The molecular formula is C40H44O3. The minimum atomic E-state index is -0.880. The summed E-state index contributed by atoms with van der Waals surface area (Å²) in [5.74, 6) is 2.43. The highest BCUT2D eigenvalue weighted by Gasteiger charge is 2.60. The van der Waals surface area contributed by atoms with Gasteiger partial charge in [0.05, 0.1) is 0 Å². The highest BCUT2D eigenvalue weighted by Crippen LogP contribution is 2.66. The SMILES string of the molecule is C[C@]12CC[C@H]3[C@@H](CCC4=CC(=O)CC[C@@]43C)[C@@H]1CC[C@@H]2C(=O)COC(c1ccccc1)(c1ccccc1)c1ccccc1. The lowest BCUT2D eigenvalue weighted by atomic mass is 9.46. The van der Waals surface area contributed by atoms with Crippen molar-refractivity contribution in [1.82, 2.24) is 0 Å². The predicted molar refractivity (Wildman–Crippen MR) is 170 cm³/mol. The van der Waals surface area contributed by atoms with Crippen LogP contribution in [0.3, 0.4) is 0 Å². The summed E-state index contributed by atoms with van der Waals surface area (Å²) in [6.07, 6.45) is 10.2. The molecule has 3 fully saturated rings. The van der Waals surface area contributed by atoms with Crippen LogP contribution in [0.25, 0.3) is 0 Å². The van der Waals surface area contributed by atoms with Crippen molar-refractivity contribution in [3.8, 4) is 0 Å². The van der Waals surface area contributed by atoms with Gasteiger partial charge < -0.3 is 4.74 Å². The van der Waals surface area contributed by atoms with Gasteiger partial charge in [0.1, 0.15) is 12.2 Å². The van der Waals surface area contributed by atoms with E-state index in [4.69, 9.17) is 4.74 Å². The molecule has 0 N–H and O–H groups in total. The molecule has 0 amide bonds. The van der Waals surface area contributed by atoms with Gasteiger partial charge in [0.15, 0.2) is 11.6 Å². The number of ether oxygens (including phenoxy) is 1. The van der Waals surface area contributed by atoms with Crippen LogP contribution in [0.4, 0.5) is 0 Å². The molecule has 0 heterocycles. The maximum absolute atomic E-state index is 14.4. The molecule has 222 valence electrons. The zero-order valence-corrected chi connectivity index (χ0v) is 25.6. The van der Waals surface area contributed by atoms with E-state index >= 15 is 0 Å². The lowest BCUT2D eigenvalue weighted by molar-refractivity contribution is -0.138. The van der Waals surface area contributed by atoms with Crippen LogP contribution in [0.15, 0.2) is 103 Å². The van der Waals surface area contributed by atoms with Gasteiger partial charge in [0.2, 0.25) is 0 Å². The Bertz CT molecular complexity index is 1410. The van der Waals surface area contributed by atoms with Crippen LogP contribution in [0.1, 0.15) is 81.9 Å². The van der Waals surface area contributed by atoms with Gasteiger partial charge >= 0.3 is 0 Å². The van der Waals surface area contributed by atoms with Gasteiger partial charge in [-0.15, -0.1) is 0 Å². The van der Waals surface area contributed by atoms with Crippen molar-refractivity contribution in [3.05, 3.63) is 119 Å². The third-order valence-electron chi connectivity index (χ3n) is 12.3. The number of carbonyl (C=O) groups is 2. The highest BCUT2D eigenvalue weighted by atomic mass is 16.5. The van der Waals surface area contributed by atoms with E-state index in [2.05, 4.69) is 86.6 Å². The second-order valence-corrected chi connectivity index (χ2v) is 14.2. The average molecular weight is 573 g/mol. The fourth-order valence-corrected chi connectivity index (χ4v) is 10.1. The third-order valence-corrected chi connectivity index (χ3v) is 12.3. The van der Waals surface area contributed by atoms with Gasteiger partial charge in [-0.05, 0) is 96.3 Å². The molecule has 43 heavy (non-hydrogen) atoms. The number of carbonyl (C=O) groups excluding carboxylic acids is 2. The van der Waals surface area contributed by atoms with Crippen LogP contribution in [0, 0.1) is 34.5 Å². The molecule has 0 radical (unpaired) electrons. The van der Waals surface area contributed by atoms with Crippen molar-refractivity contribution < 1.29 is 14.3 Å². The smallest absolute Gasteiger partial charge is 0.162 e. The summed E-state index contributed by atoms with van der Waals surface area (Å²) < 4.78 is 7.00. The summed E-state index contributed by atoms with van der Waals surface area (Å²) in [7, 11) is 0. The molecule has 3 heteroatoms. The van der Waals surface area contributed by atoms with Gasteiger partial charge in [0, 0.05) is 12.3 Å². The quantitative estimate of drug-likeness (QED) is 0.266. The number of rotatable bonds is 7. The van der Waals surface area contributed by atoms with E-state index in [1.807, 2.05) is 24.3 Å². The zero-order valence-electron chi connectivity index (χ0n) is 25.6. The van der Waals surface area contributed by atoms with Crippen molar-refractivity contribution in [2.75, 3.05) is 6.61 Å². The Labute approximate surface area is 256 Å². The van der Waals surface area contributed by atoms with E-state index in [1.165, 1.54) is 5.57 Å². The van der Waals surface area contributed by atoms with E-state index in [0.29, 0.717) is 30.0 Å². The van der Waals surface area contributed by atoms with Crippen molar-refractivity contribution in [2.24, 2.45) is 34.5 Å². The number of ketones is 2. The summed E-state index contributed by atoms with van der Waals surface area (Å²) in [5.41, 5.74) is 3.79. The predicted octanol–water partition coefficient (Wildman–Crippen LogP) is 8.71. The van der Waals surface area contributed by atoms with Crippen molar-refractivity contribution in [1.29, 1.82) is 0 Å². The molecule has 0 bridgehead atoms. The van der Waals surface area contributed by atoms with Crippen molar-refractivity contribution >= 4 is 11.6 Å². The standard InChI is InChI=1S/C40H44O3/c1-38-24-22-32(41)26-31(38)18-19-33-34-20-21-36(39(34,2)25-23-35(33)38)37(42)27-43-40(28-12-6-3-7-13-28,29-14-8-4-9-15-29)30-16-10-5-11-17-30/h3-17,26,33-36H,18-25,27H2,1-2H3/t33-,34-,35-,36+,38-,39-/m0/s1. The molecule has 0 aromatic heterocycles. The minimum Gasteiger partial charge on any atom is -0.353 e. The number of hydrogen-bond acceptors (Lipinski definition) is 3. The molecule has 3 aromatic carbocycles. The van der Waals surface area contributed by atoms with Gasteiger partial charge in [0.25, 0.3) is 0 Å². The maximum Gasteiger partial charge on any atom is 0.162 e. The van der Waals surface area contributed by atoms with Crippen molar-refractivity contribution in [3.63, 3.8) is 0 Å². The maximum atomic E-state index is 14.4. The van der Waals surface area contributed by atoms with Gasteiger partial charge in [-0.25, -0.2) is 0 Å². The molecule has 4 aliphatic rings. The van der Waals surface area contributed by atoms with Crippen LogP contribution in [0.5, 0.6) is 0 Å². The molecular weight excluding hydrogens is 528 g/mol. The van der Waals surface area contributed by atoms with Gasteiger partial charge in [-0.2, -0.15) is 0 Å². The van der Waals surface area contributed by atoms with Gasteiger partial charge in [-0.1, -0.05) is 110 Å². The Hall–Kier alpha value is -3.30. The molecule has 0 aliphatic heterocycles. The van der Waals surface area contributed by atoms with Crippen LogP contribution in [-0.4, -0.2) is 18.2 Å². The average Bonchev–Trinajstić information content (AvgIpc) is 3.40. The minimum absolute atomic E-state index is 0.0125. The summed E-state index contributed by atoms with van der Waals surface area (Å²) >= 11 is 0. The Morgan fingerprint density at radius 1 is 0.744 bits per heavy atom. The molecule has 0 unspecified atom stereocenters. The van der Waals surface area contributed by atoms with E-state index in [-0.39, 0.29) is 29.1 Å². The normalized spacial score (nSPS) is 31.9. The summed E-state index contributed by atoms with van der Waals surface area (Å²) in [6.45, 7) is 4.94. The second-order valence-electron chi connectivity index (χ2n) is 14.2. The zero-order chi connectivity index (χ0) is 29.7. The van der Waals surface area contributed by atoms with E-state index in [1.54, 1.807) is 0 Å². The molecule has 6 atom stereocenters. The number of fused-ring (bicyclic) bond motifs is 5. The Balaban J connectivity index is 1.17. The first kappa shape index (κ1) is 28.5. The number of allylic oxidation sites excluding steroid dienone is 1. The van der Waals surface area contributed by atoms with E-state index in [9.17, 15) is 9.59 Å². The molecule has 4 aliphatic carbocycles. The number of benzene rings is 3. The van der Waals surface area contributed by atoms with Crippen LogP contribution < -0.4 is 0 Å². The summed E-state index contributed by atoms with van der Waals surface area (Å²) in [6, 6.07) is 31.1. The first-order valence-corrected chi connectivity index (χ1v) is 16.4. The fourth-order valence-electron chi connectivity index (χ4n) is 10.1. The molecule has 3 aromatic rings. The molecule has 0 spiro atoms. The fraction of sp³-hybridized carbons (Fsp3) is 0.450. The Kier molecular flexibility index (Phi) is 7.29. The van der Waals surface area contributed by atoms with Gasteiger partial charge in [-0.3, -0.25) is 9.59 Å². The topological polar surface area (TPSA) is 43.4 Å². The molecule has 3 saturated carbocycles. The number of hydrogen-bond donors (Lipinski definition) is 0. The van der Waals surface area contributed by atoms with E-state index in [0.717, 1.165) is 61.6 Å². The summed E-state index contributed by atoms with van der Waals surface area (Å²) in [4.78, 5) is 26.6. The molecule has 0 saturated heterocycles. The van der Waals surface area contributed by atoms with Crippen LogP contribution >= 0.6 is 0 Å². The monoisotopic (exact) mass is 572 g/mol. The second kappa shape index (κ2) is 11.0.